The minimum absolute atomic E-state index is 0.0390. The predicted molar refractivity (Wildman–Crippen MR) is 128 cm³/mol. The lowest BCUT2D eigenvalue weighted by Gasteiger charge is -2.28. The molecule has 3 aromatic rings. The topological polar surface area (TPSA) is 70.1 Å². The molecule has 0 aliphatic carbocycles. The van der Waals surface area contributed by atoms with Crippen molar-refractivity contribution < 1.29 is 23.8 Å². The van der Waals surface area contributed by atoms with E-state index >= 15 is 0 Å². The molecule has 2 heterocycles. The Labute approximate surface area is 196 Å². The van der Waals surface area contributed by atoms with Crippen molar-refractivity contribution in [1.29, 1.82) is 0 Å². The number of fused-ring (bicyclic) bond motifs is 1. The van der Waals surface area contributed by atoms with Crippen LogP contribution in [-0.2, 0) is 9.59 Å². The van der Waals surface area contributed by atoms with Gasteiger partial charge in [0.05, 0.1) is 23.8 Å². The number of aliphatic hydroxyl groups is 1. The maximum Gasteiger partial charge on any atom is 0.300 e. The van der Waals surface area contributed by atoms with E-state index in [9.17, 15) is 19.1 Å². The summed E-state index contributed by atoms with van der Waals surface area (Å²) in [6.45, 7) is 3.11. The van der Waals surface area contributed by atoms with Gasteiger partial charge in [-0.2, -0.15) is 0 Å². The summed E-state index contributed by atoms with van der Waals surface area (Å²) in [7, 11) is 1.92. The lowest BCUT2D eigenvalue weighted by Crippen LogP contribution is -2.29. The molecule has 0 bridgehead atoms. The van der Waals surface area contributed by atoms with E-state index in [0.29, 0.717) is 30.0 Å². The van der Waals surface area contributed by atoms with Crippen molar-refractivity contribution in [1.82, 2.24) is 0 Å². The van der Waals surface area contributed by atoms with Crippen LogP contribution >= 0.6 is 0 Å². The van der Waals surface area contributed by atoms with Gasteiger partial charge in [0.15, 0.2) is 0 Å². The Kier molecular flexibility index (Phi) is 5.32. The zero-order chi connectivity index (χ0) is 24.0. The van der Waals surface area contributed by atoms with Gasteiger partial charge in [-0.3, -0.25) is 14.5 Å². The summed E-state index contributed by atoms with van der Waals surface area (Å²) < 4.78 is 19.8. The summed E-state index contributed by atoms with van der Waals surface area (Å²) in [5.41, 5.74) is 2.89. The molecule has 0 saturated carbocycles. The first-order valence-electron chi connectivity index (χ1n) is 11.0. The average molecular weight is 458 g/mol. The Morgan fingerprint density at radius 3 is 2.62 bits per heavy atom. The molecule has 34 heavy (non-hydrogen) atoms. The second-order valence-corrected chi connectivity index (χ2v) is 8.46. The van der Waals surface area contributed by atoms with Gasteiger partial charge in [-0.1, -0.05) is 30.3 Å². The van der Waals surface area contributed by atoms with Crippen LogP contribution in [0.1, 0.15) is 22.7 Å². The number of carbonyl (C=O) groups excluding carboxylic acids is 2. The van der Waals surface area contributed by atoms with Gasteiger partial charge in [-0.25, -0.2) is 4.39 Å². The number of likely N-dealkylation sites (N-methyl/N-ethyl adjacent to an activating group) is 1. The molecule has 6 nitrogen and oxygen atoms in total. The Morgan fingerprint density at radius 1 is 1.06 bits per heavy atom. The maximum absolute atomic E-state index is 14.1. The minimum atomic E-state index is -0.909. The number of rotatable bonds is 3. The van der Waals surface area contributed by atoms with Crippen LogP contribution in [0.15, 0.2) is 72.3 Å². The van der Waals surface area contributed by atoms with E-state index in [-0.39, 0.29) is 17.0 Å². The van der Waals surface area contributed by atoms with Crippen LogP contribution in [0.2, 0.25) is 0 Å². The van der Waals surface area contributed by atoms with Crippen LogP contribution in [0.4, 0.5) is 15.8 Å². The number of amides is 1. The molecule has 1 saturated heterocycles. The molecule has 0 aromatic heterocycles. The third-order valence-electron chi connectivity index (χ3n) is 6.34. The van der Waals surface area contributed by atoms with Crippen LogP contribution in [0.25, 0.3) is 5.76 Å². The van der Waals surface area contributed by atoms with Crippen LogP contribution in [-0.4, -0.2) is 37.0 Å². The molecule has 1 fully saturated rings. The first kappa shape index (κ1) is 21.7. The SMILES string of the molecule is Cc1ccccc1C1/C(=C(\O)c2ccc3c(c2)N(C)CCO3)C(=O)C(=O)N1c1cccc(F)c1. The fourth-order valence-electron chi connectivity index (χ4n) is 4.57. The van der Waals surface area contributed by atoms with Crippen molar-refractivity contribution in [2.24, 2.45) is 0 Å². The quantitative estimate of drug-likeness (QED) is 0.353. The predicted octanol–water partition coefficient (Wildman–Crippen LogP) is 4.59. The molecule has 172 valence electrons. The van der Waals surface area contributed by atoms with E-state index in [4.69, 9.17) is 4.74 Å². The van der Waals surface area contributed by atoms with Crippen LogP contribution in [0, 0.1) is 12.7 Å². The molecule has 2 aliphatic rings. The number of nitrogens with zero attached hydrogens (tertiary/aromatic N) is 2. The smallest absolute Gasteiger partial charge is 0.300 e. The molecule has 5 rings (SSSR count). The number of ether oxygens (including phenoxy) is 1. The summed E-state index contributed by atoms with van der Waals surface area (Å²) in [6.07, 6.45) is 0. The van der Waals surface area contributed by atoms with Gasteiger partial charge < -0.3 is 14.7 Å². The molecule has 3 aromatic carbocycles. The second kappa shape index (κ2) is 8.33. The number of ketones is 1. The molecule has 1 N–H and O–H groups in total. The molecule has 1 unspecified atom stereocenters. The monoisotopic (exact) mass is 458 g/mol. The Hall–Kier alpha value is -4.13. The van der Waals surface area contributed by atoms with E-state index in [1.807, 2.05) is 31.0 Å². The largest absolute Gasteiger partial charge is 0.507 e. The third kappa shape index (κ3) is 3.50. The van der Waals surface area contributed by atoms with Gasteiger partial charge in [0.25, 0.3) is 11.7 Å². The van der Waals surface area contributed by atoms with Gasteiger partial charge in [0, 0.05) is 18.3 Å². The Balaban J connectivity index is 1.72. The number of hydrogen-bond donors (Lipinski definition) is 1. The minimum Gasteiger partial charge on any atom is -0.507 e. The van der Waals surface area contributed by atoms with Gasteiger partial charge in [-0.15, -0.1) is 0 Å². The summed E-state index contributed by atoms with van der Waals surface area (Å²) >= 11 is 0. The van der Waals surface area contributed by atoms with Crippen molar-refractivity contribution in [2.75, 3.05) is 30.0 Å². The fraction of sp³-hybridized carbons (Fsp3) is 0.185. The van der Waals surface area contributed by atoms with E-state index < -0.39 is 23.5 Å². The van der Waals surface area contributed by atoms with Gasteiger partial charge in [-0.05, 0) is 54.4 Å². The van der Waals surface area contributed by atoms with Gasteiger partial charge in [0.1, 0.15) is 23.9 Å². The molecule has 7 heteroatoms. The molecular formula is C27H23FN2O4. The number of benzene rings is 3. The normalized spacial score (nSPS) is 19.2. The fourth-order valence-corrected chi connectivity index (χ4v) is 4.57. The molecular weight excluding hydrogens is 435 g/mol. The van der Waals surface area contributed by atoms with Crippen molar-refractivity contribution >= 4 is 28.8 Å². The number of aryl methyl sites for hydroxylation is 1. The number of hydrogen-bond acceptors (Lipinski definition) is 5. The van der Waals surface area contributed by atoms with Crippen molar-refractivity contribution in [3.05, 3.63) is 94.8 Å². The van der Waals surface area contributed by atoms with Gasteiger partial charge >= 0.3 is 0 Å². The lowest BCUT2D eigenvalue weighted by atomic mass is 9.92. The van der Waals surface area contributed by atoms with Crippen molar-refractivity contribution in [3.8, 4) is 5.75 Å². The Morgan fingerprint density at radius 2 is 1.85 bits per heavy atom. The zero-order valence-electron chi connectivity index (χ0n) is 18.8. The number of Topliss-reactive ketones (excluding diaryl/α,β-unsaturated/α-hetero) is 1. The highest BCUT2D eigenvalue weighted by molar-refractivity contribution is 6.51. The standard InChI is InChI=1S/C27H23FN2O4/c1-16-6-3-4-9-20(16)24-23(26(32)27(33)30(24)19-8-5-7-18(28)15-19)25(31)17-10-11-22-21(14-17)29(2)12-13-34-22/h3-11,14-15,24,31H,12-13H2,1-2H3/b25-23+. The number of aliphatic hydroxyl groups excluding tert-OH is 1. The average Bonchev–Trinajstić information content (AvgIpc) is 3.09. The van der Waals surface area contributed by atoms with E-state index in [1.54, 1.807) is 36.4 Å². The molecule has 0 radical (unpaired) electrons. The number of carbonyl (C=O) groups is 2. The maximum atomic E-state index is 14.1. The zero-order valence-corrected chi connectivity index (χ0v) is 18.8. The van der Waals surface area contributed by atoms with Crippen LogP contribution in [0.5, 0.6) is 5.75 Å². The highest BCUT2D eigenvalue weighted by atomic mass is 19.1. The van der Waals surface area contributed by atoms with Crippen LogP contribution in [0.3, 0.4) is 0 Å². The van der Waals surface area contributed by atoms with Crippen molar-refractivity contribution in [3.63, 3.8) is 0 Å². The van der Waals surface area contributed by atoms with E-state index in [1.165, 1.54) is 23.1 Å². The summed E-state index contributed by atoms with van der Waals surface area (Å²) in [6, 6.07) is 17.1. The highest BCUT2D eigenvalue weighted by Gasteiger charge is 2.47. The summed E-state index contributed by atoms with van der Waals surface area (Å²) in [5.74, 6) is -1.77. The lowest BCUT2D eigenvalue weighted by molar-refractivity contribution is -0.132. The van der Waals surface area contributed by atoms with Gasteiger partial charge in [0.2, 0.25) is 0 Å². The molecule has 1 amide bonds. The molecule has 0 spiro atoms. The molecule has 1 atom stereocenters. The second-order valence-electron chi connectivity index (χ2n) is 8.46. The number of halogens is 1. The first-order chi connectivity index (χ1) is 16.4. The first-order valence-corrected chi connectivity index (χ1v) is 11.0. The third-order valence-corrected chi connectivity index (χ3v) is 6.34. The van der Waals surface area contributed by atoms with Crippen LogP contribution < -0.4 is 14.5 Å². The summed E-state index contributed by atoms with van der Waals surface area (Å²) in [5, 5.41) is 11.4. The van der Waals surface area contributed by atoms with Crippen molar-refractivity contribution in [2.45, 2.75) is 13.0 Å². The molecule has 2 aliphatic heterocycles. The number of anilines is 2. The Bertz CT molecular complexity index is 1350. The van der Waals surface area contributed by atoms with E-state index in [0.717, 1.165) is 11.3 Å². The van der Waals surface area contributed by atoms with E-state index in [2.05, 4.69) is 0 Å². The highest BCUT2D eigenvalue weighted by Crippen LogP contribution is 2.44. The summed E-state index contributed by atoms with van der Waals surface area (Å²) in [4.78, 5) is 29.8.